The lowest BCUT2D eigenvalue weighted by atomic mass is 10.1. The number of nitrogens with zero attached hydrogens (tertiary/aromatic N) is 2. The molecule has 0 spiro atoms. The number of nitriles is 1. The second-order valence-electron chi connectivity index (χ2n) is 6.78. The van der Waals surface area contributed by atoms with Gasteiger partial charge >= 0.3 is 0 Å². The minimum absolute atomic E-state index is 0.00540. The Labute approximate surface area is 184 Å². The number of hydrogen-bond acceptors (Lipinski definition) is 7. The second-order valence-corrected chi connectivity index (χ2v) is 7.81. The summed E-state index contributed by atoms with van der Waals surface area (Å²) in [4.78, 5) is 17.0. The van der Waals surface area contributed by atoms with Crippen molar-refractivity contribution >= 4 is 38.7 Å². The summed E-state index contributed by atoms with van der Waals surface area (Å²) in [6.07, 6.45) is 1.49. The third-order valence-corrected chi connectivity index (χ3v) is 5.05. The monoisotopic (exact) mass is 437 g/mol. The van der Waals surface area contributed by atoms with Crippen LogP contribution in [-0.4, -0.2) is 30.7 Å². The predicted molar refractivity (Wildman–Crippen MR) is 122 cm³/mol. The molecule has 0 saturated heterocycles. The van der Waals surface area contributed by atoms with E-state index in [1.54, 1.807) is 18.2 Å². The lowest BCUT2D eigenvalue weighted by Gasteiger charge is -2.13. The van der Waals surface area contributed by atoms with E-state index in [2.05, 4.69) is 10.3 Å². The maximum Gasteiger partial charge on any atom is 0.268 e. The highest BCUT2D eigenvalue weighted by atomic mass is 32.1. The molecule has 1 N–H and O–H groups in total. The summed E-state index contributed by atoms with van der Waals surface area (Å²) < 4.78 is 17.4. The SMILES string of the molecule is CCOc1ccc2nc(NC(=O)/C(C#N)=C/c3ccc(OC(C)C)c(OC)c3)sc2c1. The Hall–Kier alpha value is -3.57. The van der Waals surface area contributed by atoms with Crippen LogP contribution in [0.25, 0.3) is 16.3 Å². The molecule has 0 fully saturated rings. The normalized spacial score (nSPS) is 11.3. The molecule has 0 aliphatic carbocycles. The van der Waals surface area contributed by atoms with Gasteiger partial charge in [0.1, 0.15) is 17.4 Å². The standard InChI is InChI=1S/C23H23N3O4S/c1-5-29-17-7-8-18-21(12-17)31-23(25-18)26-22(27)16(13-24)10-15-6-9-19(30-14(2)3)20(11-15)28-4/h6-12,14H,5H2,1-4H3,(H,25,26,27)/b16-10+. The Morgan fingerprint density at radius 1 is 1.26 bits per heavy atom. The Bertz CT molecular complexity index is 1160. The number of carbonyl (C=O) groups is 1. The minimum Gasteiger partial charge on any atom is -0.494 e. The van der Waals surface area contributed by atoms with Crippen molar-refractivity contribution in [1.29, 1.82) is 5.26 Å². The first-order chi connectivity index (χ1) is 14.9. The molecule has 31 heavy (non-hydrogen) atoms. The number of amides is 1. The van der Waals surface area contributed by atoms with Gasteiger partial charge < -0.3 is 14.2 Å². The Morgan fingerprint density at radius 3 is 2.74 bits per heavy atom. The van der Waals surface area contributed by atoms with Gasteiger partial charge in [0.2, 0.25) is 0 Å². The highest BCUT2D eigenvalue weighted by Crippen LogP contribution is 2.31. The summed E-state index contributed by atoms with van der Waals surface area (Å²) in [6, 6.07) is 12.7. The van der Waals surface area contributed by atoms with Crippen LogP contribution in [0.4, 0.5) is 5.13 Å². The van der Waals surface area contributed by atoms with Crippen molar-refractivity contribution in [3.63, 3.8) is 0 Å². The molecule has 0 aliphatic rings. The Kier molecular flexibility index (Phi) is 7.11. The fourth-order valence-corrected chi connectivity index (χ4v) is 3.71. The first kappa shape index (κ1) is 22.1. The summed E-state index contributed by atoms with van der Waals surface area (Å²) in [5.74, 6) is 1.33. The molecule has 0 unspecified atom stereocenters. The fourth-order valence-electron chi connectivity index (χ4n) is 2.82. The van der Waals surface area contributed by atoms with Crippen LogP contribution in [0.15, 0.2) is 42.0 Å². The zero-order chi connectivity index (χ0) is 22.4. The average molecular weight is 438 g/mol. The van der Waals surface area contributed by atoms with Crippen molar-refractivity contribution in [2.75, 3.05) is 19.0 Å². The third kappa shape index (κ3) is 5.53. The molecule has 1 aromatic heterocycles. The van der Waals surface area contributed by atoms with Crippen LogP contribution in [-0.2, 0) is 4.79 Å². The van der Waals surface area contributed by atoms with E-state index in [1.807, 2.05) is 45.0 Å². The lowest BCUT2D eigenvalue weighted by molar-refractivity contribution is -0.112. The Balaban J connectivity index is 1.80. The zero-order valence-corrected chi connectivity index (χ0v) is 18.6. The lowest BCUT2D eigenvalue weighted by Crippen LogP contribution is -2.13. The maximum absolute atomic E-state index is 12.6. The second kappa shape index (κ2) is 9.96. The molecule has 0 saturated carbocycles. The van der Waals surface area contributed by atoms with Crippen LogP contribution < -0.4 is 19.5 Å². The summed E-state index contributed by atoms with van der Waals surface area (Å²) >= 11 is 1.32. The summed E-state index contributed by atoms with van der Waals surface area (Å²) in [6.45, 7) is 6.33. The van der Waals surface area contributed by atoms with E-state index >= 15 is 0 Å². The molecule has 7 nitrogen and oxygen atoms in total. The van der Waals surface area contributed by atoms with Gasteiger partial charge in [-0.2, -0.15) is 5.26 Å². The van der Waals surface area contributed by atoms with Crippen molar-refractivity contribution in [2.45, 2.75) is 26.9 Å². The van der Waals surface area contributed by atoms with Crippen molar-refractivity contribution in [1.82, 2.24) is 4.98 Å². The molecule has 1 heterocycles. The molecule has 1 amide bonds. The molecule has 8 heteroatoms. The van der Waals surface area contributed by atoms with Gasteiger partial charge in [-0.15, -0.1) is 0 Å². The molecular formula is C23H23N3O4S. The number of rotatable bonds is 8. The highest BCUT2D eigenvalue weighted by molar-refractivity contribution is 7.22. The van der Waals surface area contributed by atoms with Crippen molar-refractivity contribution in [3.8, 4) is 23.3 Å². The average Bonchev–Trinajstić information content (AvgIpc) is 3.14. The van der Waals surface area contributed by atoms with E-state index in [0.29, 0.717) is 28.8 Å². The van der Waals surface area contributed by atoms with Crippen LogP contribution in [0.5, 0.6) is 17.2 Å². The van der Waals surface area contributed by atoms with Gasteiger partial charge in [0.15, 0.2) is 16.6 Å². The largest absolute Gasteiger partial charge is 0.494 e. The number of carbonyl (C=O) groups excluding carboxylic acids is 1. The molecule has 0 radical (unpaired) electrons. The van der Waals surface area contributed by atoms with Crippen LogP contribution >= 0.6 is 11.3 Å². The zero-order valence-electron chi connectivity index (χ0n) is 17.8. The highest BCUT2D eigenvalue weighted by Gasteiger charge is 2.14. The smallest absolute Gasteiger partial charge is 0.268 e. The van der Waals surface area contributed by atoms with E-state index in [-0.39, 0.29) is 11.7 Å². The first-order valence-corrected chi connectivity index (χ1v) is 10.6. The summed E-state index contributed by atoms with van der Waals surface area (Å²) in [7, 11) is 1.54. The van der Waals surface area contributed by atoms with Gasteiger partial charge in [-0.1, -0.05) is 17.4 Å². The fraction of sp³-hybridized carbons (Fsp3) is 0.261. The number of hydrogen-bond donors (Lipinski definition) is 1. The van der Waals surface area contributed by atoms with Crippen LogP contribution in [0.3, 0.4) is 0 Å². The molecule has 2 aromatic carbocycles. The molecular weight excluding hydrogens is 414 g/mol. The molecule has 160 valence electrons. The Morgan fingerprint density at radius 2 is 2.06 bits per heavy atom. The van der Waals surface area contributed by atoms with E-state index in [9.17, 15) is 10.1 Å². The van der Waals surface area contributed by atoms with E-state index in [4.69, 9.17) is 14.2 Å². The predicted octanol–water partition coefficient (Wildman–Crippen LogP) is 5.04. The number of ether oxygens (including phenoxy) is 3. The number of thiazole rings is 1. The maximum atomic E-state index is 12.6. The molecule has 0 atom stereocenters. The summed E-state index contributed by atoms with van der Waals surface area (Å²) in [5.41, 5.74) is 1.34. The van der Waals surface area contributed by atoms with Crippen molar-refractivity contribution in [2.24, 2.45) is 0 Å². The first-order valence-electron chi connectivity index (χ1n) is 9.74. The van der Waals surface area contributed by atoms with Gasteiger partial charge in [0.05, 0.1) is 30.0 Å². The van der Waals surface area contributed by atoms with Gasteiger partial charge in [-0.25, -0.2) is 4.98 Å². The van der Waals surface area contributed by atoms with Crippen molar-refractivity contribution in [3.05, 3.63) is 47.5 Å². The van der Waals surface area contributed by atoms with Gasteiger partial charge in [0.25, 0.3) is 5.91 Å². The molecule has 3 rings (SSSR count). The molecule has 0 aliphatic heterocycles. The van der Waals surface area contributed by atoms with Gasteiger partial charge in [0, 0.05) is 0 Å². The van der Waals surface area contributed by atoms with E-state index in [1.165, 1.54) is 24.5 Å². The van der Waals surface area contributed by atoms with Crippen molar-refractivity contribution < 1.29 is 19.0 Å². The number of benzene rings is 2. The number of aromatic nitrogens is 1. The quantitative estimate of drug-likeness (QED) is 0.392. The topological polar surface area (TPSA) is 93.5 Å². The number of anilines is 1. The number of methoxy groups -OCH3 is 1. The van der Waals surface area contributed by atoms with E-state index < -0.39 is 5.91 Å². The number of fused-ring (bicyclic) bond motifs is 1. The minimum atomic E-state index is -0.534. The van der Waals surface area contributed by atoms with Crippen LogP contribution in [0.2, 0.25) is 0 Å². The van der Waals surface area contributed by atoms with Gasteiger partial charge in [-0.05, 0) is 62.7 Å². The van der Waals surface area contributed by atoms with Crippen LogP contribution in [0.1, 0.15) is 26.3 Å². The third-order valence-electron chi connectivity index (χ3n) is 4.12. The molecule has 0 bridgehead atoms. The summed E-state index contributed by atoms with van der Waals surface area (Å²) in [5, 5.41) is 12.6. The van der Waals surface area contributed by atoms with E-state index in [0.717, 1.165) is 16.0 Å². The molecule has 3 aromatic rings. The number of nitrogens with one attached hydrogen (secondary N) is 1. The van der Waals surface area contributed by atoms with Gasteiger partial charge in [-0.3, -0.25) is 10.1 Å². The van der Waals surface area contributed by atoms with Crippen LogP contribution in [0, 0.1) is 11.3 Å².